The Morgan fingerprint density at radius 2 is 1.87 bits per heavy atom. The van der Waals surface area contributed by atoms with Gasteiger partial charge in [0, 0.05) is 42.3 Å². The standard InChI is InChI=1S/C21H30N2O.C10H17N3O2S.C5H12O/c1-6-7-8-18(12-19-13-20(22)10-9-16(19)4)17(5)11-21(24)23-14-15(2)3;11-8(14)4-2-1-3-7-9-6(5-16-7)12-10(15)13-9;1-5(2)3-4-6/h7-13,15H,6,14,22H2,1-5H3,(H,23,24);6-7,9H,1-5H2,(H2,11,14)(H2,12,13,15);5-6H,3-4H2,1-2H3/b8-7+,17-11+,18-12+;;. The molecule has 0 radical (unpaired) electrons. The van der Waals surface area contributed by atoms with Crippen molar-refractivity contribution in [2.75, 3.05) is 24.6 Å². The second-order valence-corrected chi connectivity index (χ2v) is 14.0. The van der Waals surface area contributed by atoms with Crippen LogP contribution in [0.4, 0.5) is 10.5 Å². The number of hydrogen-bond donors (Lipinski definition) is 6. The van der Waals surface area contributed by atoms with Crippen molar-refractivity contribution in [3.05, 3.63) is 58.7 Å². The molecule has 0 saturated carbocycles. The van der Waals surface area contributed by atoms with Crippen LogP contribution in [0.2, 0.25) is 0 Å². The van der Waals surface area contributed by atoms with Crippen LogP contribution in [0, 0.1) is 18.8 Å². The summed E-state index contributed by atoms with van der Waals surface area (Å²) in [4.78, 5) is 33.8. The van der Waals surface area contributed by atoms with Gasteiger partial charge in [0.25, 0.3) is 0 Å². The summed E-state index contributed by atoms with van der Waals surface area (Å²) in [6, 6.07) is 6.39. The van der Waals surface area contributed by atoms with Crippen molar-refractivity contribution in [1.82, 2.24) is 16.0 Å². The molecule has 3 atom stereocenters. The minimum Gasteiger partial charge on any atom is -0.399 e. The number of aryl methyl sites for hydroxylation is 1. The van der Waals surface area contributed by atoms with E-state index in [2.05, 4.69) is 75.7 Å². The van der Waals surface area contributed by atoms with Crippen LogP contribution < -0.4 is 27.4 Å². The van der Waals surface area contributed by atoms with Crippen LogP contribution >= 0.6 is 11.8 Å². The number of thioether (sulfide) groups is 1. The molecule has 9 nitrogen and oxygen atoms in total. The average molecular weight is 658 g/mol. The lowest BCUT2D eigenvalue weighted by molar-refractivity contribution is -0.118. The van der Waals surface area contributed by atoms with Gasteiger partial charge < -0.3 is 32.5 Å². The number of benzene rings is 1. The van der Waals surface area contributed by atoms with E-state index in [1.54, 1.807) is 6.08 Å². The second-order valence-electron chi connectivity index (χ2n) is 12.7. The maximum Gasteiger partial charge on any atom is 0.315 e. The van der Waals surface area contributed by atoms with E-state index in [0.29, 0.717) is 42.7 Å². The molecular formula is C36H59N5O4S. The zero-order valence-corrected chi connectivity index (χ0v) is 29.8. The van der Waals surface area contributed by atoms with Crippen LogP contribution in [0.15, 0.2) is 47.6 Å². The van der Waals surface area contributed by atoms with Gasteiger partial charge in [0.1, 0.15) is 0 Å². The first-order valence-electron chi connectivity index (χ1n) is 16.6. The SMILES string of the molecule is CC(C)CCO.CC/C=C/C(=C\c1cc(N)ccc1C)C(/C)=C/C(=O)NCC(C)C.NC(=O)CCCCC1SCC2NC(=O)NC21. The van der Waals surface area contributed by atoms with Gasteiger partial charge in [-0.2, -0.15) is 11.8 Å². The molecule has 1 aromatic rings. The molecule has 0 aliphatic carbocycles. The quantitative estimate of drug-likeness (QED) is 0.0483. The molecule has 0 spiro atoms. The molecule has 10 heteroatoms. The fourth-order valence-electron chi connectivity index (χ4n) is 4.70. The Labute approximate surface area is 281 Å². The van der Waals surface area contributed by atoms with E-state index in [1.165, 1.54) is 0 Å². The summed E-state index contributed by atoms with van der Waals surface area (Å²) in [5.41, 5.74) is 15.9. The highest BCUT2D eigenvalue weighted by Crippen LogP contribution is 2.33. The van der Waals surface area contributed by atoms with E-state index in [4.69, 9.17) is 16.6 Å². The predicted octanol–water partition coefficient (Wildman–Crippen LogP) is 5.87. The van der Waals surface area contributed by atoms with Crippen LogP contribution in [0.5, 0.6) is 0 Å². The fraction of sp³-hybridized carbons (Fsp3) is 0.583. The zero-order valence-electron chi connectivity index (χ0n) is 29.0. The highest BCUT2D eigenvalue weighted by Gasteiger charge is 2.42. The summed E-state index contributed by atoms with van der Waals surface area (Å²) >= 11 is 1.90. The van der Waals surface area contributed by atoms with Gasteiger partial charge in [0.15, 0.2) is 0 Å². The number of carbonyl (C=O) groups is 3. The zero-order chi connectivity index (χ0) is 34.6. The molecule has 2 saturated heterocycles. The molecule has 2 fully saturated rings. The van der Waals surface area contributed by atoms with Crippen molar-refractivity contribution in [3.8, 4) is 0 Å². The first-order valence-corrected chi connectivity index (χ1v) is 17.6. The maximum absolute atomic E-state index is 12.1. The van der Waals surface area contributed by atoms with E-state index in [9.17, 15) is 14.4 Å². The monoisotopic (exact) mass is 657 g/mol. The first kappa shape index (κ1) is 40.8. The number of urea groups is 1. The van der Waals surface area contributed by atoms with Gasteiger partial charge in [-0.05, 0) is 91.8 Å². The van der Waals surface area contributed by atoms with Crippen LogP contribution in [0.25, 0.3) is 6.08 Å². The largest absolute Gasteiger partial charge is 0.399 e. The molecule has 8 N–H and O–H groups in total. The number of carbonyl (C=O) groups excluding carboxylic acids is 3. The third kappa shape index (κ3) is 16.9. The molecule has 2 aliphatic heterocycles. The van der Waals surface area contributed by atoms with E-state index >= 15 is 0 Å². The maximum atomic E-state index is 12.1. The minimum atomic E-state index is -0.229. The number of aliphatic hydroxyl groups excluding tert-OH is 1. The summed E-state index contributed by atoms with van der Waals surface area (Å²) in [5, 5.41) is 17.5. The van der Waals surface area contributed by atoms with Crippen molar-refractivity contribution in [2.24, 2.45) is 17.6 Å². The molecule has 2 heterocycles. The van der Waals surface area contributed by atoms with Crippen LogP contribution in [-0.4, -0.2) is 59.2 Å². The topological polar surface area (TPSA) is 160 Å². The number of unbranched alkanes of at least 4 members (excludes halogenated alkanes) is 1. The summed E-state index contributed by atoms with van der Waals surface area (Å²) < 4.78 is 0. The number of primary amides is 1. The molecular weight excluding hydrogens is 598 g/mol. The van der Waals surface area contributed by atoms with Crippen molar-refractivity contribution >= 4 is 41.4 Å². The number of nitrogens with one attached hydrogen (secondary N) is 3. The van der Waals surface area contributed by atoms with Crippen LogP contribution in [0.3, 0.4) is 0 Å². The van der Waals surface area contributed by atoms with Crippen molar-refractivity contribution in [2.45, 2.75) is 104 Å². The highest BCUT2D eigenvalue weighted by atomic mass is 32.2. The number of fused-ring (bicyclic) bond motifs is 1. The number of allylic oxidation sites excluding steroid dienone is 4. The molecule has 46 heavy (non-hydrogen) atoms. The molecule has 0 bridgehead atoms. The second kappa shape index (κ2) is 22.3. The number of hydrogen-bond acceptors (Lipinski definition) is 6. The Balaban J connectivity index is 0.000000410. The lowest BCUT2D eigenvalue weighted by Crippen LogP contribution is -2.36. The van der Waals surface area contributed by atoms with E-state index in [0.717, 1.165) is 65.8 Å². The number of rotatable bonds is 14. The van der Waals surface area contributed by atoms with Gasteiger partial charge in [0.2, 0.25) is 11.8 Å². The molecule has 258 valence electrons. The lowest BCUT2D eigenvalue weighted by Gasteiger charge is -2.16. The fourth-order valence-corrected chi connectivity index (χ4v) is 6.25. The van der Waals surface area contributed by atoms with Gasteiger partial charge in [-0.3, -0.25) is 9.59 Å². The van der Waals surface area contributed by atoms with Crippen molar-refractivity contribution < 1.29 is 19.5 Å². The minimum absolute atomic E-state index is 0.0440. The Kier molecular flexibility index (Phi) is 19.8. The number of anilines is 1. The van der Waals surface area contributed by atoms with Gasteiger partial charge in [-0.25, -0.2) is 4.79 Å². The van der Waals surface area contributed by atoms with Gasteiger partial charge in [-0.1, -0.05) is 59.3 Å². The third-order valence-corrected chi connectivity index (χ3v) is 8.95. The van der Waals surface area contributed by atoms with Gasteiger partial charge >= 0.3 is 6.03 Å². The Morgan fingerprint density at radius 3 is 2.46 bits per heavy atom. The molecule has 4 amide bonds. The van der Waals surface area contributed by atoms with Crippen molar-refractivity contribution in [3.63, 3.8) is 0 Å². The van der Waals surface area contributed by atoms with E-state index in [1.807, 2.05) is 36.9 Å². The number of aliphatic hydroxyl groups is 1. The van der Waals surface area contributed by atoms with Gasteiger partial charge in [-0.15, -0.1) is 0 Å². The van der Waals surface area contributed by atoms with Gasteiger partial charge in [0.05, 0.1) is 12.1 Å². The molecule has 2 aliphatic rings. The normalized spacial score (nSPS) is 19.2. The molecule has 0 aromatic heterocycles. The number of amides is 4. The van der Waals surface area contributed by atoms with Crippen LogP contribution in [0.1, 0.15) is 91.2 Å². The van der Waals surface area contributed by atoms with E-state index < -0.39 is 0 Å². The smallest absolute Gasteiger partial charge is 0.315 e. The highest BCUT2D eigenvalue weighted by molar-refractivity contribution is 8.00. The van der Waals surface area contributed by atoms with Crippen molar-refractivity contribution in [1.29, 1.82) is 0 Å². The predicted molar refractivity (Wildman–Crippen MR) is 194 cm³/mol. The summed E-state index contributed by atoms with van der Waals surface area (Å²) in [5.74, 6) is 1.79. The number of nitrogens with two attached hydrogens (primary N) is 2. The Hall–Kier alpha value is -3.24. The first-order chi connectivity index (χ1) is 21.8. The number of nitrogen functional groups attached to an aromatic ring is 1. The molecule has 3 rings (SSSR count). The average Bonchev–Trinajstić information content (AvgIpc) is 3.53. The third-order valence-electron chi connectivity index (χ3n) is 7.44. The summed E-state index contributed by atoms with van der Waals surface area (Å²) in [6.45, 7) is 15.5. The lowest BCUT2D eigenvalue weighted by atomic mass is 9.99. The summed E-state index contributed by atoms with van der Waals surface area (Å²) in [6.07, 6.45) is 13.1. The molecule has 3 unspecified atom stereocenters. The van der Waals surface area contributed by atoms with E-state index in [-0.39, 0.29) is 23.9 Å². The Bertz CT molecular complexity index is 1190. The Morgan fingerprint density at radius 1 is 1.15 bits per heavy atom. The van der Waals surface area contributed by atoms with Crippen LogP contribution in [-0.2, 0) is 9.59 Å². The molecule has 1 aromatic carbocycles. The summed E-state index contributed by atoms with van der Waals surface area (Å²) in [7, 11) is 0.